The van der Waals surface area contributed by atoms with Crippen molar-refractivity contribution >= 4 is 23.4 Å². The van der Waals surface area contributed by atoms with Crippen LogP contribution in [0.4, 0.5) is 16.2 Å². The van der Waals surface area contributed by atoms with Gasteiger partial charge in [-0.3, -0.25) is 15.1 Å². The van der Waals surface area contributed by atoms with Crippen molar-refractivity contribution in [3.05, 3.63) is 48.0 Å². The third kappa shape index (κ3) is 5.54. The summed E-state index contributed by atoms with van der Waals surface area (Å²) in [6, 6.07) is 6.78. The highest BCUT2D eigenvalue weighted by molar-refractivity contribution is 6.05. The van der Waals surface area contributed by atoms with Gasteiger partial charge in [-0.25, -0.2) is 9.78 Å². The molecule has 0 fully saturated rings. The van der Waals surface area contributed by atoms with Crippen LogP contribution in [0.3, 0.4) is 0 Å². The molecule has 132 valence electrons. The molecule has 25 heavy (non-hydrogen) atoms. The third-order valence-electron chi connectivity index (χ3n) is 2.96. The second-order valence-corrected chi connectivity index (χ2v) is 6.22. The minimum absolute atomic E-state index is 0.143. The molecule has 0 spiro atoms. The number of aromatic nitrogens is 2. The molecule has 8 heteroatoms. The molecule has 0 radical (unpaired) electrons. The fourth-order valence-electron chi connectivity index (χ4n) is 1.88. The lowest BCUT2D eigenvalue weighted by molar-refractivity contribution is 0.0635. The smallest absolute Gasteiger partial charge is 0.412 e. The highest BCUT2D eigenvalue weighted by Crippen LogP contribution is 2.22. The Morgan fingerprint density at radius 3 is 2.24 bits per heavy atom. The largest absolute Gasteiger partial charge is 0.444 e. The summed E-state index contributed by atoms with van der Waals surface area (Å²) in [6.45, 7) is 5.55. The predicted molar refractivity (Wildman–Crippen MR) is 94.2 cm³/mol. The van der Waals surface area contributed by atoms with E-state index in [0.717, 1.165) is 0 Å². The Balaban J connectivity index is 2.11. The first-order chi connectivity index (χ1) is 11.8. The first-order valence-corrected chi connectivity index (χ1v) is 7.70. The molecule has 4 N–H and O–H groups in total. The lowest BCUT2D eigenvalue weighted by Gasteiger charge is -2.20. The second kappa shape index (κ2) is 7.71. The van der Waals surface area contributed by atoms with Gasteiger partial charge in [0.15, 0.2) is 0 Å². The number of nitrogens with two attached hydrogens (primary N) is 1. The quantitative estimate of drug-likeness (QED) is 0.785. The molecule has 0 saturated heterocycles. The Morgan fingerprint density at radius 1 is 1.08 bits per heavy atom. The summed E-state index contributed by atoms with van der Waals surface area (Å²) in [4.78, 5) is 32.3. The van der Waals surface area contributed by atoms with E-state index in [0.29, 0.717) is 17.1 Å². The van der Waals surface area contributed by atoms with E-state index < -0.39 is 17.6 Å². The summed E-state index contributed by atoms with van der Waals surface area (Å²) in [7, 11) is 0. The average molecular weight is 343 g/mol. The van der Waals surface area contributed by atoms with Gasteiger partial charge >= 0.3 is 6.09 Å². The van der Waals surface area contributed by atoms with Gasteiger partial charge in [-0.05, 0) is 32.9 Å². The van der Waals surface area contributed by atoms with Crippen LogP contribution >= 0.6 is 0 Å². The predicted octanol–water partition coefficient (Wildman–Crippen LogP) is 2.53. The number of carbonyl (C=O) groups excluding carboxylic acids is 2. The van der Waals surface area contributed by atoms with Gasteiger partial charge in [0.2, 0.25) is 0 Å². The van der Waals surface area contributed by atoms with Crippen molar-refractivity contribution in [3.63, 3.8) is 0 Å². The molecule has 0 aliphatic rings. The van der Waals surface area contributed by atoms with Crippen molar-refractivity contribution in [1.82, 2.24) is 9.97 Å². The van der Waals surface area contributed by atoms with Crippen molar-refractivity contribution in [2.75, 3.05) is 10.6 Å². The zero-order chi connectivity index (χ0) is 18.4. The van der Waals surface area contributed by atoms with Crippen molar-refractivity contribution in [2.24, 2.45) is 5.73 Å². The summed E-state index contributed by atoms with van der Waals surface area (Å²) < 4.78 is 5.21. The van der Waals surface area contributed by atoms with Crippen molar-refractivity contribution in [2.45, 2.75) is 32.9 Å². The molecule has 0 saturated carbocycles. The maximum Gasteiger partial charge on any atom is 0.412 e. The molecule has 2 aromatic rings. The SMILES string of the molecule is CC(C)(C)OC(=O)Nc1ccccc1NC(=O)c1cnc(CN)cn1. The van der Waals surface area contributed by atoms with Crippen molar-refractivity contribution in [3.8, 4) is 0 Å². The molecule has 1 heterocycles. The highest BCUT2D eigenvalue weighted by Gasteiger charge is 2.18. The maximum absolute atomic E-state index is 12.3. The summed E-state index contributed by atoms with van der Waals surface area (Å²) in [5.41, 5.74) is 6.39. The summed E-state index contributed by atoms with van der Waals surface area (Å²) in [5, 5.41) is 5.30. The number of para-hydroxylation sites is 2. The van der Waals surface area contributed by atoms with E-state index in [2.05, 4.69) is 20.6 Å². The Hall–Kier alpha value is -3.00. The van der Waals surface area contributed by atoms with E-state index in [1.807, 2.05) is 0 Å². The number of benzene rings is 1. The molecular formula is C17H21N5O3. The topological polar surface area (TPSA) is 119 Å². The van der Waals surface area contributed by atoms with E-state index in [1.165, 1.54) is 12.4 Å². The number of ether oxygens (including phenoxy) is 1. The maximum atomic E-state index is 12.3. The molecule has 1 aromatic carbocycles. The molecular weight excluding hydrogens is 322 g/mol. The minimum Gasteiger partial charge on any atom is -0.444 e. The van der Waals surface area contributed by atoms with Gasteiger partial charge in [0.05, 0.1) is 29.5 Å². The van der Waals surface area contributed by atoms with Crippen LogP contribution in [0.2, 0.25) is 0 Å². The van der Waals surface area contributed by atoms with Crippen LogP contribution in [-0.2, 0) is 11.3 Å². The first-order valence-electron chi connectivity index (χ1n) is 7.70. The zero-order valence-corrected chi connectivity index (χ0v) is 14.4. The molecule has 0 unspecified atom stereocenters. The number of hydrogen-bond donors (Lipinski definition) is 3. The fourth-order valence-corrected chi connectivity index (χ4v) is 1.88. The molecule has 2 rings (SSSR count). The number of nitrogens with zero attached hydrogens (tertiary/aromatic N) is 2. The lowest BCUT2D eigenvalue weighted by atomic mass is 10.2. The molecule has 2 amide bonds. The van der Waals surface area contributed by atoms with Gasteiger partial charge < -0.3 is 15.8 Å². The lowest BCUT2D eigenvalue weighted by Crippen LogP contribution is -2.27. The van der Waals surface area contributed by atoms with Crippen LogP contribution in [0, 0.1) is 0 Å². The number of anilines is 2. The van der Waals surface area contributed by atoms with E-state index in [9.17, 15) is 9.59 Å². The number of carbonyl (C=O) groups is 2. The van der Waals surface area contributed by atoms with Crippen LogP contribution in [0.15, 0.2) is 36.7 Å². The Bertz CT molecular complexity index is 754. The average Bonchev–Trinajstić information content (AvgIpc) is 2.55. The van der Waals surface area contributed by atoms with Gasteiger partial charge in [-0.1, -0.05) is 12.1 Å². The van der Waals surface area contributed by atoms with E-state index in [4.69, 9.17) is 10.5 Å². The zero-order valence-electron chi connectivity index (χ0n) is 14.4. The van der Waals surface area contributed by atoms with Gasteiger partial charge in [-0.15, -0.1) is 0 Å². The van der Waals surface area contributed by atoms with Crippen molar-refractivity contribution < 1.29 is 14.3 Å². The highest BCUT2D eigenvalue weighted by atomic mass is 16.6. The van der Waals surface area contributed by atoms with Gasteiger partial charge in [-0.2, -0.15) is 0 Å². The molecule has 0 bridgehead atoms. The van der Waals surface area contributed by atoms with Crippen LogP contribution in [0.1, 0.15) is 37.0 Å². The number of amides is 2. The standard InChI is InChI=1S/C17H21N5O3/c1-17(2,3)25-16(24)22-13-7-5-4-6-12(13)21-15(23)14-10-19-11(8-18)9-20-14/h4-7,9-10H,8,18H2,1-3H3,(H,21,23)(H,22,24). The number of hydrogen-bond acceptors (Lipinski definition) is 6. The molecule has 0 aliphatic carbocycles. The normalized spacial score (nSPS) is 10.9. The molecule has 1 aromatic heterocycles. The van der Waals surface area contributed by atoms with E-state index in [1.54, 1.807) is 45.0 Å². The monoisotopic (exact) mass is 343 g/mol. The first kappa shape index (κ1) is 18.3. The van der Waals surface area contributed by atoms with Crippen LogP contribution < -0.4 is 16.4 Å². The summed E-state index contributed by atoms with van der Waals surface area (Å²) >= 11 is 0. The van der Waals surface area contributed by atoms with E-state index >= 15 is 0 Å². The molecule has 8 nitrogen and oxygen atoms in total. The Labute approximate surface area is 145 Å². The summed E-state index contributed by atoms with van der Waals surface area (Å²) in [5.74, 6) is -0.450. The fraction of sp³-hybridized carbons (Fsp3) is 0.294. The van der Waals surface area contributed by atoms with Crippen LogP contribution in [0.25, 0.3) is 0 Å². The summed E-state index contributed by atoms with van der Waals surface area (Å²) in [6.07, 6.45) is 2.18. The third-order valence-corrected chi connectivity index (χ3v) is 2.96. The van der Waals surface area contributed by atoms with Crippen LogP contribution in [-0.4, -0.2) is 27.6 Å². The van der Waals surface area contributed by atoms with Gasteiger partial charge in [0, 0.05) is 6.54 Å². The van der Waals surface area contributed by atoms with Gasteiger partial charge in [0.25, 0.3) is 5.91 Å². The number of rotatable bonds is 4. The van der Waals surface area contributed by atoms with E-state index in [-0.39, 0.29) is 12.2 Å². The number of nitrogens with one attached hydrogen (secondary N) is 2. The van der Waals surface area contributed by atoms with Crippen molar-refractivity contribution in [1.29, 1.82) is 0 Å². The van der Waals surface area contributed by atoms with Crippen LogP contribution in [0.5, 0.6) is 0 Å². The van der Waals surface area contributed by atoms with Gasteiger partial charge in [0.1, 0.15) is 11.3 Å². The molecule has 0 aliphatic heterocycles. The Morgan fingerprint density at radius 2 is 1.72 bits per heavy atom. The second-order valence-electron chi connectivity index (χ2n) is 6.22. The minimum atomic E-state index is -0.622. The molecule has 0 atom stereocenters. The Kier molecular flexibility index (Phi) is 5.66.